The topological polar surface area (TPSA) is 88.4 Å². The van der Waals surface area contributed by atoms with Crippen LogP contribution in [0.2, 0.25) is 0 Å². The van der Waals surface area contributed by atoms with E-state index in [4.69, 9.17) is 24.9 Å². The van der Waals surface area contributed by atoms with Crippen molar-refractivity contribution in [3.63, 3.8) is 0 Å². The predicted molar refractivity (Wildman–Crippen MR) is 75.2 cm³/mol. The van der Waals surface area contributed by atoms with E-state index in [1.807, 2.05) is 0 Å². The van der Waals surface area contributed by atoms with E-state index in [-0.39, 0.29) is 26.4 Å². The third kappa shape index (κ3) is 12.8. The minimum absolute atomic E-state index is 0.102. The van der Waals surface area contributed by atoms with Crippen LogP contribution in [0.25, 0.3) is 0 Å². The maximum atomic E-state index is 9.10. The van der Waals surface area contributed by atoms with Crippen LogP contribution in [-0.4, -0.2) is 60.6 Å². The molecule has 0 bridgehead atoms. The van der Waals surface area contributed by atoms with Gasteiger partial charge in [0, 0.05) is 6.61 Å². The lowest BCUT2D eigenvalue weighted by Crippen LogP contribution is -2.26. The Morgan fingerprint density at radius 3 is 2.15 bits per heavy atom. The summed E-state index contributed by atoms with van der Waals surface area (Å²) in [5.74, 6) is 0. The molecule has 0 rings (SSSR count). The third-order valence-corrected chi connectivity index (χ3v) is 2.86. The normalized spacial score (nSPS) is 14.4. The lowest BCUT2D eigenvalue weighted by molar-refractivity contribution is -0.319. The number of hydrogen-bond donors (Lipinski definition) is 3. The fraction of sp³-hybridized carbons (Fsp3) is 1.00. The molecule has 20 heavy (non-hydrogen) atoms. The Bertz CT molecular complexity index is 191. The molecule has 0 aromatic carbocycles. The van der Waals surface area contributed by atoms with Gasteiger partial charge >= 0.3 is 0 Å². The molecule has 0 aliphatic carbocycles. The van der Waals surface area contributed by atoms with Gasteiger partial charge in [0.05, 0.1) is 13.2 Å². The summed E-state index contributed by atoms with van der Waals surface area (Å²) >= 11 is 0. The van der Waals surface area contributed by atoms with Crippen molar-refractivity contribution in [3.8, 4) is 0 Å². The van der Waals surface area contributed by atoms with Gasteiger partial charge in [-0.2, -0.15) is 0 Å². The van der Waals surface area contributed by atoms with E-state index in [1.54, 1.807) is 0 Å². The highest BCUT2D eigenvalue weighted by Gasteiger charge is 2.09. The molecule has 0 amide bonds. The Morgan fingerprint density at radius 2 is 1.50 bits per heavy atom. The lowest BCUT2D eigenvalue weighted by atomic mass is 10.1. The van der Waals surface area contributed by atoms with Crippen LogP contribution in [0.4, 0.5) is 0 Å². The van der Waals surface area contributed by atoms with Gasteiger partial charge in [0.15, 0.2) is 0 Å². The smallest absolute Gasteiger partial charge is 0.111 e. The number of hydrogen-bond acceptors (Lipinski definition) is 6. The second kappa shape index (κ2) is 15.2. The summed E-state index contributed by atoms with van der Waals surface area (Å²) in [6, 6.07) is 0. The molecule has 3 N–H and O–H groups in total. The third-order valence-electron chi connectivity index (χ3n) is 2.86. The van der Waals surface area contributed by atoms with Crippen LogP contribution >= 0.6 is 0 Å². The number of rotatable bonds is 15. The van der Waals surface area contributed by atoms with E-state index in [0.717, 1.165) is 12.8 Å². The van der Waals surface area contributed by atoms with Gasteiger partial charge in [0.25, 0.3) is 0 Å². The molecule has 0 spiro atoms. The zero-order valence-electron chi connectivity index (χ0n) is 12.5. The van der Waals surface area contributed by atoms with Gasteiger partial charge < -0.3 is 20.1 Å². The Kier molecular flexibility index (Phi) is 15.0. The van der Waals surface area contributed by atoms with Crippen molar-refractivity contribution in [3.05, 3.63) is 0 Å². The summed E-state index contributed by atoms with van der Waals surface area (Å²) in [6.45, 7) is 2.27. The maximum absolute atomic E-state index is 9.10. The molecule has 0 radical (unpaired) electrons. The summed E-state index contributed by atoms with van der Waals surface area (Å²) in [6.07, 6.45) is 5.76. The Morgan fingerprint density at radius 1 is 0.850 bits per heavy atom. The van der Waals surface area contributed by atoms with Crippen molar-refractivity contribution >= 4 is 0 Å². The molecule has 122 valence electrons. The quantitative estimate of drug-likeness (QED) is 0.237. The summed E-state index contributed by atoms with van der Waals surface area (Å²) in [7, 11) is 0. The maximum Gasteiger partial charge on any atom is 0.111 e. The van der Waals surface area contributed by atoms with Crippen molar-refractivity contribution < 1.29 is 29.8 Å². The van der Waals surface area contributed by atoms with E-state index < -0.39 is 12.2 Å². The first-order valence-corrected chi connectivity index (χ1v) is 7.50. The van der Waals surface area contributed by atoms with Crippen molar-refractivity contribution in [2.45, 2.75) is 57.7 Å². The Balaban J connectivity index is 3.38. The molecule has 0 aliphatic rings. The van der Waals surface area contributed by atoms with Crippen LogP contribution in [0.3, 0.4) is 0 Å². The molecular weight excluding hydrogens is 264 g/mol. The van der Waals surface area contributed by atoms with E-state index in [2.05, 4.69) is 11.8 Å². The zero-order chi connectivity index (χ0) is 15.1. The first-order valence-electron chi connectivity index (χ1n) is 7.50. The van der Waals surface area contributed by atoms with Crippen LogP contribution in [0.15, 0.2) is 0 Å². The molecule has 0 aromatic rings. The molecular formula is C14H30O6. The second-order valence-electron chi connectivity index (χ2n) is 4.85. The molecule has 6 nitrogen and oxygen atoms in total. The molecule has 0 aliphatic heterocycles. The van der Waals surface area contributed by atoms with Crippen molar-refractivity contribution in [1.82, 2.24) is 0 Å². The van der Waals surface area contributed by atoms with Gasteiger partial charge in [0.2, 0.25) is 0 Å². The van der Waals surface area contributed by atoms with Crippen LogP contribution in [0.5, 0.6) is 0 Å². The molecule has 2 unspecified atom stereocenters. The highest BCUT2D eigenvalue weighted by atomic mass is 17.2. The van der Waals surface area contributed by atoms with E-state index in [9.17, 15) is 0 Å². The lowest BCUT2D eigenvalue weighted by Gasteiger charge is -2.15. The molecule has 0 saturated heterocycles. The van der Waals surface area contributed by atoms with Gasteiger partial charge in [-0.1, -0.05) is 39.0 Å². The number of aliphatic hydroxyl groups excluding tert-OH is 3. The van der Waals surface area contributed by atoms with Gasteiger partial charge in [-0.25, -0.2) is 9.78 Å². The van der Waals surface area contributed by atoms with E-state index in [0.29, 0.717) is 6.61 Å². The van der Waals surface area contributed by atoms with Crippen LogP contribution < -0.4 is 0 Å². The Hall–Kier alpha value is -0.240. The second-order valence-corrected chi connectivity index (χ2v) is 4.85. The minimum Gasteiger partial charge on any atom is -0.394 e. The average molecular weight is 294 g/mol. The highest BCUT2D eigenvalue weighted by Crippen LogP contribution is 2.05. The van der Waals surface area contributed by atoms with Gasteiger partial charge in [-0.05, 0) is 6.42 Å². The van der Waals surface area contributed by atoms with Crippen LogP contribution in [-0.2, 0) is 14.5 Å². The summed E-state index contributed by atoms with van der Waals surface area (Å²) in [5, 5.41) is 26.7. The predicted octanol–water partition coefficient (Wildman–Crippen LogP) is 1.03. The molecule has 6 heteroatoms. The SMILES string of the molecule is CCCCCCCCOC(CO)COOCC(O)CO. The van der Waals surface area contributed by atoms with Crippen LogP contribution in [0.1, 0.15) is 45.4 Å². The average Bonchev–Trinajstić information content (AvgIpc) is 2.48. The summed E-state index contributed by atoms with van der Waals surface area (Å²) < 4.78 is 5.46. The molecule has 2 atom stereocenters. The zero-order valence-corrected chi connectivity index (χ0v) is 12.5. The number of ether oxygens (including phenoxy) is 1. The molecule has 0 heterocycles. The summed E-state index contributed by atoms with van der Waals surface area (Å²) in [4.78, 5) is 9.50. The minimum atomic E-state index is -0.952. The number of unbranched alkanes of at least 4 members (excludes halogenated alkanes) is 5. The van der Waals surface area contributed by atoms with Crippen LogP contribution in [0, 0.1) is 0 Å². The van der Waals surface area contributed by atoms with Crippen molar-refractivity contribution in [2.24, 2.45) is 0 Å². The largest absolute Gasteiger partial charge is 0.394 e. The van der Waals surface area contributed by atoms with Crippen molar-refractivity contribution in [2.75, 3.05) is 33.0 Å². The van der Waals surface area contributed by atoms with E-state index >= 15 is 0 Å². The Labute approximate surface area is 121 Å². The highest BCUT2D eigenvalue weighted by molar-refractivity contribution is 4.53. The van der Waals surface area contributed by atoms with Gasteiger partial charge in [-0.15, -0.1) is 0 Å². The van der Waals surface area contributed by atoms with Gasteiger partial charge in [-0.3, -0.25) is 0 Å². The van der Waals surface area contributed by atoms with E-state index in [1.165, 1.54) is 25.7 Å². The first kappa shape index (κ1) is 19.8. The summed E-state index contributed by atoms with van der Waals surface area (Å²) in [5.41, 5.74) is 0. The molecule has 0 aromatic heterocycles. The first-order chi connectivity index (χ1) is 9.74. The molecule has 0 saturated carbocycles. The van der Waals surface area contributed by atoms with Crippen molar-refractivity contribution in [1.29, 1.82) is 0 Å². The standard InChI is InChI=1S/C14H30O6/c1-2-3-4-5-6-7-8-18-14(10-16)12-20-19-11-13(17)9-15/h13-17H,2-12H2,1H3. The fourth-order valence-corrected chi connectivity index (χ4v) is 1.59. The van der Waals surface area contributed by atoms with Gasteiger partial charge in [0.1, 0.15) is 25.4 Å². The monoisotopic (exact) mass is 294 g/mol. The fourth-order valence-electron chi connectivity index (χ4n) is 1.59. The molecule has 0 fully saturated rings. The number of aliphatic hydroxyl groups is 3.